The minimum Gasteiger partial charge on any atom is -0.476 e. The molecule has 17 heavy (non-hydrogen) atoms. The molecule has 1 aromatic heterocycles. The van der Waals surface area contributed by atoms with Crippen LogP contribution < -0.4 is 5.32 Å². The minimum absolute atomic E-state index is 0.120. The molecule has 7 nitrogen and oxygen atoms in total. The summed E-state index contributed by atoms with van der Waals surface area (Å²) >= 11 is 0. The number of aromatic carboxylic acids is 1. The van der Waals surface area contributed by atoms with Crippen molar-refractivity contribution < 1.29 is 19.8 Å². The molecule has 0 atom stereocenters. The summed E-state index contributed by atoms with van der Waals surface area (Å²) in [7, 11) is 1.49. The first-order valence-corrected chi connectivity index (χ1v) is 4.87. The third kappa shape index (κ3) is 3.42. The lowest BCUT2D eigenvalue weighted by Crippen LogP contribution is -2.34. The molecule has 1 rings (SSSR count). The Bertz CT molecular complexity index is 422. The number of urea groups is 1. The number of carbonyl (C=O) groups is 2. The molecule has 0 radical (unpaired) electrons. The van der Waals surface area contributed by atoms with Crippen LogP contribution in [0.5, 0.6) is 0 Å². The second-order valence-electron chi connectivity index (χ2n) is 3.28. The van der Waals surface area contributed by atoms with Crippen molar-refractivity contribution in [3.8, 4) is 0 Å². The molecule has 0 aromatic carbocycles. The van der Waals surface area contributed by atoms with E-state index in [1.807, 2.05) is 0 Å². The first-order valence-electron chi connectivity index (χ1n) is 4.87. The van der Waals surface area contributed by atoms with E-state index in [9.17, 15) is 9.59 Å². The third-order valence-electron chi connectivity index (χ3n) is 2.03. The number of likely N-dealkylation sites (N-methyl/N-ethyl adjacent to an activating group) is 1. The van der Waals surface area contributed by atoms with E-state index >= 15 is 0 Å². The molecule has 1 heterocycles. The molecule has 0 saturated carbocycles. The molecule has 0 saturated heterocycles. The van der Waals surface area contributed by atoms with Gasteiger partial charge in [0, 0.05) is 19.8 Å². The number of pyridine rings is 1. The Labute approximate surface area is 97.7 Å². The number of hydrogen-bond acceptors (Lipinski definition) is 4. The Balaban J connectivity index is 2.81. The highest BCUT2D eigenvalue weighted by Crippen LogP contribution is 2.12. The average molecular weight is 239 g/mol. The minimum atomic E-state index is -1.22. The van der Waals surface area contributed by atoms with Crippen molar-refractivity contribution in [3.63, 3.8) is 0 Å². The van der Waals surface area contributed by atoms with Gasteiger partial charge in [-0.2, -0.15) is 0 Å². The van der Waals surface area contributed by atoms with Gasteiger partial charge in [-0.05, 0) is 12.1 Å². The highest BCUT2D eigenvalue weighted by molar-refractivity contribution is 5.98. The fourth-order valence-corrected chi connectivity index (χ4v) is 1.14. The lowest BCUT2D eigenvalue weighted by Gasteiger charge is -2.16. The Kier molecular flexibility index (Phi) is 4.41. The van der Waals surface area contributed by atoms with Crippen LogP contribution >= 0.6 is 0 Å². The number of rotatable bonds is 4. The van der Waals surface area contributed by atoms with Gasteiger partial charge in [-0.15, -0.1) is 0 Å². The SMILES string of the molecule is CN(CCO)C(=O)Nc1cccnc1C(=O)O. The summed E-state index contributed by atoms with van der Waals surface area (Å²) in [5, 5.41) is 19.9. The molecule has 7 heteroatoms. The van der Waals surface area contributed by atoms with E-state index in [1.54, 1.807) is 0 Å². The van der Waals surface area contributed by atoms with E-state index < -0.39 is 12.0 Å². The van der Waals surface area contributed by atoms with Crippen LogP contribution in [0, 0.1) is 0 Å². The van der Waals surface area contributed by atoms with Crippen LogP contribution in [0.15, 0.2) is 18.3 Å². The second kappa shape index (κ2) is 5.80. The number of amides is 2. The largest absolute Gasteiger partial charge is 0.476 e. The number of carboxylic acids is 1. The van der Waals surface area contributed by atoms with Gasteiger partial charge in [0.25, 0.3) is 0 Å². The number of nitrogens with zero attached hydrogens (tertiary/aromatic N) is 2. The number of nitrogens with one attached hydrogen (secondary N) is 1. The van der Waals surface area contributed by atoms with E-state index in [0.29, 0.717) is 0 Å². The molecular weight excluding hydrogens is 226 g/mol. The summed E-state index contributed by atoms with van der Waals surface area (Å²) in [6, 6.07) is 2.46. The van der Waals surface area contributed by atoms with Gasteiger partial charge in [0.1, 0.15) is 0 Å². The normalized spacial score (nSPS) is 9.76. The van der Waals surface area contributed by atoms with Gasteiger partial charge in [-0.25, -0.2) is 14.6 Å². The maximum absolute atomic E-state index is 11.6. The Hall–Kier alpha value is -2.15. The van der Waals surface area contributed by atoms with Crippen LogP contribution in [0.1, 0.15) is 10.5 Å². The molecule has 0 spiro atoms. The highest BCUT2D eigenvalue weighted by atomic mass is 16.4. The summed E-state index contributed by atoms with van der Waals surface area (Å²) in [5.41, 5.74) is -0.104. The highest BCUT2D eigenvalue weighted by Gasteiger charge is 2.15. The fourth-order valence-electron chi connectivity index (χ4n) is 1.14. The van der Waals surface area contributed by atoms with Crippen LogP contribution in [0.2, 0.25) is 0 Å². The van der Waals surface area contributed by atoms with Crippen LogP contribution in [0.25, 0.3) is 0 Å². The summed E-state index contributed by atoms with van der Waals surface area (Å²) < 4.78 is 0. The number of aliphatic hydroxyl groups excluding tert-OH is 1. The summed E-state index contributed by atoms with van der Waals surface area (Å²) in [6.45, 7) is -0.00273. The van der Waals surface area contributed by atoms with Gasteiger partial charge in [0.15, 0.2) is 5.69 Å². The van der Waals surface area contributed by atoms with Crippen molar-refractivity contribution in [2.45, 2.75) is 0 Å². The van der Waals surface area contributed by atoms with E-state index in [1.165, 1.54) is 30.3 Å². The summed E-state index contributed by atoms with van der Waals surface area (Å²) in [6.07, 6.45) is 1.33. The zero-order valence-electron chi connectivity index (χ0n) is 9.25. The van der Waals surface area contributed by atoms with Crippen molar-refractivity contribution >= 4 is 17.7 Å². The molecule has 2 amide bonds. The first-order chi connectivity index (χ1) is 8.06. The smallest absolute Gasteiger partial charge is 0.356 e. The third-order valence-corrected chi connectivity index (χ3v) is 2.03. The zero-order valence-corrected chi connectivity index (χ0v) is 9.25. The molecule has 0 unspecified atom stereocenters. The number of carboxylic acid groups (broad SMARTS) is 1. The molecule has 1 aromatic rings. The number of aliphatic hydroxyl groups is 1. The fraction of sp³-hybridized carbons (Fsp3) is 0.300. The molecule has 0 fully saturated rings. The van der Waals surface area contributed by atoms with Crippen molar-refractivity contribution in [1.29, 1.82) is 0 Å². The molecule has 0 bridgehead atoms. The molecule has 0 aliphatic carbocycles. The average Bonchev–Trinajstić information content (AvgIpc) is 2.29. The van der Waals surface area contributed by atoms with Gasteiger partial charge in [0.2, 0.25) is 0 Å². The van der Waals surface area contributed by atoms with Gasteiger partial charge < -0.3 is 20.4 Å². The quantitative estimate of drug-likeness (QED) is 0.698. The number of hydrogen-bond donors (Lipinski definition) is 3. The Morgan fingerprint density at radius 3 is 2.82 bits per heavy atom. The van der Waals surface area contributed by atoms with E-state index in [0.717, 1.165) is 0 Å². The summed E-state index contributed by atoms with van der Waals surface area (Å²) in [4.78, 5) is 27.3. The topological polar surface area (TPSA) is 103 Å². The van der Waals surface area contributed by atoms with E-state index in [-0.39, 0.29) is 24.5 Å². The van der Waals surface area contributed by atoms with Crippen molar-refractivity contribution in [1.82, 2.24) is 9.88 Å². The van der Waals surface area contributed by atoms with Crippen LogP contribution in [-0.4, -0.2) is 52.3 Å². The van der Waals surface area contributed by atoms with E-state index in [2.05, 4.69) is 10.3 Å². The van der Waals surface area contributed by atoms with Crippen molar-refractivity contribution in [3.05, 3.63) is 24.0 Å². The number of aromatic nitrogens is 1. The molecule has 0 aliphatic rings. The van der Waals surface area contributed by atoms with Crippen LogP contribution in [0.3, 0.4) is 0 Å². The van der Waals surface area contributed by atoms with Gasteiger partial charge in [-0.3, -0.25) is 0 Å². The molecular formula is C10H13N3O4. The lowest BCUT2D eigenvalue weighted by molar-refractivity contribution is 0.0691. The Morgan fingerprint density at radius 2 is 2.24 bits per heavy atom. The molecule has 92 valence electrons. The maximum atomic E-state index is 11.6. The zero-order chi connectivity index (χ0) is 12.8. The van der Waals surface area contributed by atoms with Gasteiger partial charge in [0.05, 0.1) is 12.3 Å². The Morgan fingerprint density at radius 1 is 1.53 bits per heavy atom. The summed E-state index contributed by atoms with van der Waals surface area (Å²) in [5.74, 6) is -1.22. The van der Waals surface area contributed by atoms with Crippen LogP contribution in [-0.2, 0) is 0 Å². The predicted molar refractivity (Wildman–Crippen MR) is 59.9 cm³/mol. The van der Waals surface area contributed by atoms with Gasteiger partial charge >= 0.3 is 12.0 Å². The first kappa shape index (κ1) is 12.9. The lowest BCUT2D eigenvalue weighted by atomic mass is 10.3. The maximum Gasteiger partial charge on any atom is 0.356 e. The van der Waals surface area contributed by atoms with Gasteiger partial charge in [-0.1, -0.05) is 0 Å². The monoisotopic (exact) mass is 239 g/mol. The number of anilines is 1. The van der Waals surface area contributed by atoms with Crippen molar-refractivity contribution in [2.24, 2.45) is 0 Å². The van der Waals surface area contributed by atoms with Crippen molar-refractivity contribution in [2.75, 3.05) is 25.5 Å². The van der Waals surface area contributed by atoms with E-state index in [4.69, 9.17) is 10.2 Å². The molecule has 3 N–H and O–H groups in total. The predicted octanol–water partition coefficient (Wildman–Crippen LogP) is 0.236. The second-order valence-corrected chi connectivity index (χ2v) is 3.28. The molecule has 0 aliphatic heterocycles. The standard InChI is InChI=1S/C10H13N3O4/c1-13(5-6-14)10(17)12-7-3-2-4-11-8(7)9(15)16/h2-4,14H,5-6H2,1H3,(H,12,17)(H,15,16). The number of carbonyl (C=O) groups excluding carboxylic acids is 1. The van der Waals surface area contributed by atoms with Crippen LogP contribution in [0.4, 0.5) is 10.5 Å².